The number of carbonyl (C=O) groups is 2. The normalized spacial score (nSPS) is 14.7. The van der Waals surface area contributed by atoms with Gasteiger partial charge in [-0.25, -0.2) is 9.78 Å². The van der Waals surface area contributed by atoms with Gasteiger partial charge >= 0.3 is 5.97 Å². The van der Waals surface area contributed by atoms with Crippen molar-refractivity contribution < 1.29 is 14.3 Å². The van der Waals surface area contributed by atoms with E-state index in [-0.39, 0.29) is 29.2 Å². The van der Waals surface area contributed by atoms with Gasteiger partial charge in [0.05, 0.1) is 38.8 Å². The van der Waals surface area contributed by atoms with Gasteiger partial charge in [-0.1, -0.05) is 54.7 Å². The number of amides is 1. The fraction of sp³-hybridized carbons (Fsp3) is 0.292. The molecule has 1 amide bonds. The maximum Gasteiger partial charge on any atom is 0.342 e. The number of ether oxygens (including phenoxy) is 1. The summed E-state index contributed by atoms with van der Waals surface area (Å²) in [5, 5.41) is 1.03. The summed E-state index contributed by atoms with van der Waals surface area (Å²) >= 11 is 18.4. The van der Waals surface area contributed by atoms with E-state index in [0.29, 0.717) is 21.3 Å². The van der Waals surface area contributed by atoms with E-state index >= 15 is 0 Å². The standard InChI is InChI=1S/C24H24Cl3N3O3/c1-14(2)33-23(32)17-11-30(22(31)15-5-8-19(26)20(27)9-15)12-24(3,4)18-7-6-16(25)10-28-13-29-21(17)18/h5-11,13-14H,12H2,1-4H3,(H,28,29). The van der Waals surface area contributed by atoms with Crippen LogP contribution in [0, 0.1) is 0 Å². The largest absolute Gasteiger partial charge is 0.459 e. The molecule has 174 valence electrons. The molecule has 2 heterocycles. The van der Waals surface area contributed by atoms with Gasteiger partial charge in [-0.2, -0.15) is 0 Å². The first-order valence-electron chi connectivity index (χ1n) is 10.3. The maximum absolute atomic E-state index is 13.5. The number of rotatable bonds is 3. The topological polar surface area (TPSA) is 75.3 Å². The molecule has 3 rings (SSSR count). The van der Waals surface area contributed by atoms with Crippen LogP contribution in [0.2, 0.25) is 15.1 Å². The summed E-state index contributed by atoms with van der Waals surface area (Å²) < 4.78 is 5.49. The van der Waals surface area contributed by atoms with Gasteiger partial charge in [-0.05, 0) is 43.7 Å². The molecule has 0 spiro atoms. The van der Waals surface area contributed by atoms with Crippen molar-refractivity contribution in [2.75, 3.05) is 6.54 Å². The number of fused-ring (bicyclic) bond motifs is 1. The molecule has 0 fully saturated rings. The zero-order valence-corrected chi connectivity index (χ0v) is 20.9. The smallest absolute Gasteiger partial charge is 0.342 e. The first-order chi connectivity index (χ1) is 15.5. The highest BCUT2D eigenvalue weighted by Gasteiger charge is 2.35. The predicted octanol–water partition coefficient (Wildman–Crippen LogP) is 6.22. The van der Waals surface area contributed by atoms with E-state index in [9.17, 15) is 9.59 Å². The number of benzene rings is 1. The lowest BCUT2D eigenvalue weighted by atomic mass is 9.83. The molecule has 0 bridgehead atoms. The third kappa shape index (κ3) is 5.88. The van der Waals surface area contributed by atoms with Crippen LogP contribution in [-0.2, 0) is 14.9 Å². The quantitative estimate of drug-likeness (QED) is 0.499. The van der Waals surface area contributed by atoms with Crippen LogP contribution in [-0.4, -0.2) is 39.4 Å². The molecule has 9 heteroatoms. The number of nitrogens with one attached hydrogen (secondary N) is 1. The lowest BCUT2D eigenvalue weighted by Gasteiger charge is -2.29. The molecule has 0 saturated carbocycles. The molecule has 1 aromatic heterocycles. The van der Waals surface area contributed by atoms with Crippen molar-refractivity contribution in [1.82, 2.24) is 14.9 Å². The average Bonchev–Trinajstić information content (AvgIpc) is 2.77. The number of esters is 1. The Bertz CT molecular complexity index is 1170. The van der Waals surface area contributed by atoms with Crippen LogP contribution in [0.1, 0.15) is 49.3 Å². The zero-order valence-electron chi connectivity index (χ0n) is 18.7. The van der Waals surface area contributed by atoms with Crippen molar-refractivity contribution in [3.8, 4) is 0 Å². The third-order valence-electron chi connectivity index (χ3n) is 5.00. The second-order valence-electron chi connectivity index (χ2n) is 8.50. The average molecular weight is 509 g/mol. The molecule has 2 aromatic rings. The first-order valence-corrected chi connectivity index (χ1v) is 11.4. The fourth-order valence-electron chi connectivity index (χ4n) is 3.50. The minimum Gasteiger partial charge on any atom is -0.459 e. The van der Waals surface area contributed by atoms with Gasteiger partial charge in [0.15, 0.2) is 0 Å². The number of aromatic nitrogens is 2. The number of H-pyrrole nitrogens is 1. The Morgan fingerprint density at radius 3 is 2.52 bits per heavy atom. The molecule has 1 aliphatic rings. The second-order valence-corrected chi connectivity index (χ2v) is 9.75. The Kier molecular flexibility index (Phi) is 7.73. The van der Waals surface area contributed by atoms with E-state index in [0.717, 1.165) is 5.56 Å². The van der Waals surface area contributed by atoms with Crippen LogP contribution >= 0.6 is 34.8 Å². The summed E-state index contributed by atoms with van der Waals surface area (Å²) in [7, 11) is 0. The molecule has 0 atom stereocenters. The molecular formula is C24H24Cl3N3O3. The minimum absolute atomic E-state index is 0.187. The Balaban J connectivity index is 2.24. The number of carbonyl (C=O) groups excluding carboxylic acids is 2. The first kappa shape index (κ1) is 25.1. The van der Waals surface area contributed by atoms with Crippen molar-refractivity contribution in [1.29, 1.82) is 0 Å². The maximum atomic E-state index is 13.5. The second kappa shape index (κ2) is 10.2. The Morgan fingerprint density at radius 1 is 1.12 bits per heavy atom. The van der Waals surface area contributed by atoms with E-state index in [1.807, 2.05) is 19.9 Å². The van der Waals surface area contributed by atoms with Crippen LogP contribution < -0.4 is 0 Å². The molecule has 0 unspecified atom stereocenters. The highest BCUT2D eigenvalue weighted by molar-refractivity contribution is 6.42. The van der Waals surface area contributed by atoms with E-state index in [2.05, 4.69) is 9.97 Å². The Hall–Kier alpha value is -2.54. The van der Waals surface area contributed by atoms with Crippen molar-refractivity contribution in [3.63, 3.8) is 0 Å². The molecule has 0 saturated heterocycles. The van der Waals surface area contributed by atoms with Gasteiger partial charge in [0, 0.05) is 29.9 Å². The third-order valence-corrected chi connectivity index (χ3v) is 5.96. The summed E-state index contributed by atoms with van der Waals surface area (Å²) in [6.07, 6.45) is 4.07. The van der Waals surface area contributed by atoms with Gasteiger partial charge in [-0.15, -0.1) is 0 Å². The Morgan fingerprint density at radius 2 is 1.85 bits per heavy atom. The summed E-state index contributed by atoms with van der Waals surface area (Å²) in [5.74, 6) is -0.908. The predicted molar refractivity (Wildman–Crippen MR) is 131 cm³/mol. The molecule has 1 N–H and O–H groups in total. The molecule has 1 aliphatic heterocycles. The van der Waals surface area contributed by atoms with Gasteiger partial charge in [-0.3, -0.25) is 4.79 Å². The van der Waals surface area contributed by atoms with Crippen LogP contribution in [0.4, 0.5) is 0 Å². The molecular weight excluding hydrogens is 485 g/mol. The van der Waals surface area contributed by atoms with Gasteiger partial charge in [0.2, 0.25) is 0 Å². The van der Waals surface area contributed by atoms with Crippen molar-refractivity contribution in [3.05, 3.63) is 80.9 Å². The molecule has 0 radical (unpaired) electrons. The van der Waals surface area contributed by atoms with Crippen molar-refractivity contribution in [2.24, 2.45) is 0 Å². The van der Waals surface area contributed by atoms with E-state index in [1.54, 1.807) is 32.0 Å². The van der Waals surface area contributed by atoms with Crippen molar-refractivity contribution in [2.45, 2.75) is 39.2 Å². The molecule has 1 aromatic carbocycles. The number of halogens is 3. The fourth-order valence-corrected chi connectivity index (χ4v) is 3.92. The summed E-state index contributed by atoms with van der Waals surface area (Å²) in [4.78, 5) is 35.3. The van der Waals surface area contributed by atoms with Gasteiger partial charge < -0.3 is 14.6 Å². The summed E-state index contributed by atoms with van der Waals surface area (Å²) in [6, 6.07) is 8.18. The van der Waals surface area contributed by atoms with Gasteiger partial charge in [0.1, 0.15) is 0 Å². The van der Waals surface area contributed by atoms with Crippen LogP contribution in [0.25, 0.3) is 5.57 Å². The number of hydrogen-bond acceptors (Lipinski definition) is 4. The zero-order chi connectivity index (χ0) is 24.3. The van der Waals surface area contributed by atoms with E-state index in [1.165, 1.54) is 29.7 Å². The molecule has 0 aliphatic carbocycles. The van der Waals surface area contributed by atoms with Crippen LogP contribution in [0.3, 0.4) is 0 Å². The van der Waals surface area contributed by atoms with Crippen LogP contribution in [0.15, 0.2) is 49.1 Å². The lowest BCUT2D eigenvalue weighted by molar-refractivity contribution is -0.140. The van der Waals surface area contributed by atoms with E-state index < -0.39 is 11.4 Å². The lowest BCUT2D eigenvalue weighted by Crippen LogP contribution is -2.37. The highest BCUT2D eigenvalue weighted by atomic mass is 35.5. The van der Waals surface area contributed by atoms with Crippen LogP contribution in [0.5, 0.6) is 0 Å². The Labute approximate surface area is 207 Å². The molecule has 33 heavy (non-hydrogen) atoms. The molecule has 6 nitrogen and oxygen atoms in total. The summed E-state index contributed by atoms with van der Waals surface area (Å²) in [5.41, 5.74) is 1.19. The highest BCUT2D eigenvalue weighted by Crippen LogP contribution is 2.35. The number of aromatic amines is 1. The SMILES string of the molecule is CC(C)OC(=O)C1=CN(C(=O)c2ccc(Cl)c(Cl)c2)CC(C)(C)c2ccc(Cl)cnc[nH]c21. The number of hydrogen-bond donors (Lipinski definition) is 1. The minimum atomic E-state index is -0.587. The number of nitrogens with zero attached hydrogens (tertiary/aromatic N) is 2. The summed E-state index contributed by atoms with van der Waals surface area (Å²) in [6.45, 7) is 7.73. The van der Waals surface area contributed by atoms with E-state index in [4.69, 9.17) is 39.5 Å². The monoisotopic (exact) mass is 507 g/mol. The van der Waals surface area contributed by atoms with Gasteiger partial charge in [0.25, 0.3) is 5.91 Å². The van der Waals surface area contributed by atoms with Crippen molar-refractivity contribution >= 4 is 52.3 Å².